The van der Waals surface area contributed by atoms with Crippen LogP contribution >= 0.6 is 15.9 Å². The van der Waals surface area contributed by atoms with E-state index in [1.54, 1.807) is 32.0 Å². The second-order valence-electron chi connectivity index (χ2n) is 7.31. The van der Waals surface area contributed by atoms with Gasteiger partial charge in [-0.05, 0) is 32.0 Å². The normalized spacial score (nSPS) is 13.6. The van der Waals surface area contributed by atoms with Crippen LogP contribution in [0.15, 0.2) is 45.2 Å². The maximum Gasteiger partial charge on any atom is 0.336 e. The minimum atomic E-state index is -0.942. The average molecular weight is 556 g/mol. The Bertz CT molecular complexity index is 1030. The molecule has 0 unspecified atom stereocenters. The van der Waals surface area contributed by atoms with Crippen molar-refractivity contribution in [2.75, 3.05) is 34.0 Å². The number of carbonyl (C=O) groups excluding carboxylic acids is 3. The summed E-state index contributed by atoms with van der Waals surface area (Å²) in [6.45, 7) is 3.06. The molecule has 0 aliphatic carbocycles. The smallest absolute Gasteiger partial charge is 0.336 e. The van der Waals surface area contributed by atoms with Crippen molar-refractivity contribution in [1.29, 1.82) is 0 Å². The van der Waals surface area contributed by atoms with Crippen molar-refractivity contribution >= 4 is 33.8 Å². The lowest BCUT2D eigenvalue weighted by Crippen LogP contribution is -2.32. The number of hydrogen-bond acceptors (Lipinski definition) is 10. The van der Waals surface area contributed by atoms with E-state index >= 15 is 0 Å². The van der Waals surface area contributed by atoms with Crippen LogP contribution in [0.4, 0.5) is 0 Å². The average Bonchev–Trinajstić information content (AvgIpc) is 2.81. The van der Waals surface area contributed by atoms with Crippen LogP contribution in [-0.2, 0) is 28.7 Å². The lowest BCUT2D eigenvalue weighted by atomic mass is 9.80. The van der Waals surface area contributed by atoms with E-state index in [1.807, 2.05) is 0 Å². The minimum absolute atomic E-state index is 0.0302. The van der Waals surface area contributed by atoms with Gasteiger partial charge in [0.15, 0.2) is 0 Å². The molecule has 35 heavy (non-hydrogen) atoms. The van der Waals surface area contributed by atoms with Crippen LogP contribution in [0.1, 0.15) is 31.7 Å². The molecule has 13 heteroatoms. The maximum atomic E-state index is 12.7. The third kappa shape index (κ3) is 7.18. The molecule has 2 rings (SSSR count). The highest BCUT2D eigenvalue weighted by molar-refractivity contribution is 9.10. The highest BCUT2D eigenvalue weighted by atomic mass is 79.9. The molecule has 0 radical (unpaired) electrons. The molecule has 1 aromatic rings. The lowest BCUT2D eigenvalue weighted by molar-refractivity contribution is -0.757. The van der Waals surface area contributed by atoms with Gasteiger partial charge in [-0.1, -0.05) is 15.9 Å². The standard InChI is InChI=1S/C22H26BrN3O9/c1-12-18(21(28)32-3)20(19(13(2)25-12)22(29)33-4)15-11-14(23)5-6-16(15)34-9-7-17(27)24-8-10-35-26(30)31/h5-6,11,20,25H,7-10H2,1-4H3,(H,24,27). The topological polar surface area (TPSA) is 155 Å². The number of nitrogens with zero attached hydrogens (tertiary/aromatic N) is 1. The molecule has 1 aromatic carbocycles. The first-order chi connectivity index (χ1) is 16.6. The number of dihydropyridines is 1. The summed E-state index contributed by atoms with van der Waals surface area (Å²) in [6, 6.07) is 5.09. The van der Waals surface area contributed by atoms with Crippen molar-refractivity contribution in [2.24, 2.45) is 0 Å². The second-order valence-corrected chi connectivity index (χ2v) is 8.22. The predicted octanol–water partition coefficient (Wildman–Crippen LogP) is 2.12. The monoisotopic (exact) mass is 555 g/mol. The molecule has 12 nitrogen and oxygen atoms in total. The molecule has 1 aliphatic heterocycles. The number of methoxy groups -OCH3 is 2. The Balaban J connectivity index is 2.33. The molecule has 0 saturated carbocycles. The number of rotatable bonds is 11. The first-order valence-corrected chi connectivity index (χ1v) is 11.2. The Morgan fingerprint density at radius 3 is 2.23 bits per heavy atom. The van der Waals surface area contributed by atoms with E-state index in [0.29, 0.717) is 27.2 Å². The number of esters is 2. The van der Waals surface area contributed by atoms with Gasteiger partial charge in [-0.15, -0.1) is 10.1 Å². The zero-order chi connectivity index (χ0) is 26.1. The number of hydrogen-bond donors (Lipinski definition) is 2. The fourth-order valence-electron chi connectivity index (χ4n) is 3.60. The van der Waals surface area contributed by atoms with Crippen molar-refractivity contribution < 1.29 is 38.5 Å². The summed E-state index contributed by atoms with van der Waals surface area (Å²) in [6.07, 6.45) is -0.0440. The van der Waals surface area contributed by atoms with Crippen LogP contribution in [0.2, 0.25) is 0 Å². The summed E-state index contributed by atoms with van der Waals surface area (Å²) in [4.78, 5) is 51.8. The van der Waals surface area contributed by atoms with Crippen LogP contribution < -0.4 is 15.4 Å². The Hall–Kier alpha value is -3.61. The largest absolute Gasteiger partial charge is 0.493 e. The summed E-state index contributed by atoms with van der Waals surface area (Å²) >= 11 is 3.42. The van der Waals surface area contributed by atoms with E-state index in [9.17, 15) is 24.5 Å². The summed E-state index contributed by atoms with van der Waals surface area (Å²) in [5, 5.41) is 14.7. The Labute approximate surface area is 209 Å². The molecule has 190 valence electrons. The van der Waals surface area contributed by atoms with Crippen LogP contribution in [0.3, 0.4) is 0 Å². The van der Waals surface area contributed by atoms with Gasteiger partial charge in [0.1, 0.15) is 12.4 Å². The van der Waals surface area contributed by atoms with Gasteiger partial charge in [-0.25, -0.2) is 9.59 Å². The third-order valence-corrected chi connectivity index (χ3v) is 5.55. The second kappa shape index (κ2) is 12.7. The molecule has 0 atom stereocenters. The maximum absolute atomic E-state index is 12.7. The van der Waals surface area contributed by atoms with Gasteiger partial charge >= 0.3 is 11.9 Å². The quantitative estimate of drug-likeness (QED) is 0.179. The molecule has 1 aliphatic rings. The van der Waals surface area contributed by atoms with E-state index in [2.05, 4.69) is 31.4 Å². The fraction of sp³-hybridized carbons (Fsp3) is 0.409. The van der Waals surface area contributed by atoms with Crippen molar-refractivity contribution in [3.8, 4) is 5.75 Å². The van der Waals surface area contributed by atoms with Gasteiger partial charge in [0, 0.05) is 28.0 Å². The Morgan fingerprint density at radius 2 is 1.69 bits per heavy atom. The minimum Gasteiger partial charge on any atom is -0.493 e. The molecule has 0 spiro atoms. The molecule has 0 saturated heterocycles. The SMILES string of the molecule is COC(=O)C1=C(C)NC(C)=C(C(=O)OC)C1c1cc(Br)ccc1OCCC(=O)NCCO[N+](=O)[O-]. The summed E-state index contributed by atoms with van der Waals surface area (Å²) in [5.41, 5.74) is 1.93. The van der Waals surface area contributed by atoms with Crippen molar-refractivity contribution in [3.63, 3.8) is 0 Å². The van der Waals surface area contributed by atoms with Crippen LogP contribution in [0.5, 0.6) is 5.75 Å². The fourth-order valence-corrected chi connectivity index (χ4v) is 3.97. The number of nitrogens with one attached hydrogen (secondary N) is 2. The van der Waals surface area contributed by atoms with Gasteiger partial charge in [0.2, 0.25) is 5.91 Å². The summed E-state index contributed by atoms with van der Waals surface area (Å²) in [5.74, 6) is -2.17. The third-order valence-electron chi connectivity index (χ3n) is 5.06. The molecular weight excluding hydrogens is 530 g/mol. The summed E-state index contributed by atoms with van der Waals surface area (Å²) < 4.78 is 16.5. The Kier molecular flexibility index (Phi) is 10.1. The highest BCUT2D eigenvalue weighted by Crippen LogP contribution is 2.43. The van der Waals surface area contributed by atoms with Crippen molar-refractivity contribution in [3.05, 3.63) is 60.9 Å². The number of amides is 1. The van der Waals surface area contributed by atoms with Crippen molar-refractivity contribution in [1.82, 2.24) is 10.6 Å². The first kappa shape index (κ1) is 27.6. The van der Waals surface area contributed by atoms with E-state index < -0.39 is 28.9 Å². The predicted molar refractivity (Wildman–Crippen MR) is 126 cm³/mol. The lowest BCUT2D eigenvalue weighted by Gasteiger charge is -2.31. The van der Waals surface area contributed by atoms with Gasteiger partial charge in [-0.3, -0.25) is 4.79 Å². The molecular formula is C22H26BrN3O9. The zero-order valence-corrected chi connectivity index (χ0v) is 21.2. The van der Waals surface area contributed by atoms with Crippen LogP contribution in [0, 0.1) is 10.1 Å². The van der Waals surface area contributed by atoms with Gasteiger partial charge in [0.05, 0.1) is 44.3 Å². The van der Waals surface area contributed by atoms with Gasteiger partial charge in [-0.2, -0.15) is 0 Å². The van der Waals surface area contributed by atoms with E-state index in [0.717, 1.165) is 0 Å². The summed E-state index contributed by atoms with van der Waals surface area (Å²) in [7, 11) is 2.49. The number of benzene rings is 1. The molecule has 0 aromatic heterocycles. The molecule has 0 fully saturated rings. The number of ether oxygens (including phenoxy) is 3. The van der Waals surface area contributed by atoms with E-state index in [-0.39, 0.29) is 37.3 Å². The van der Waals surface area contributed by atoms with E-state index in [4.69, 9.17) is 14.2 Å². The molecule has 2 N–H and O–H groups in total. The number of allylic oxidation sites excluding steroid dienone is 2. The van der Waals surface area contributed by atoms with Crippen molar-refractivity contribution in [2.45, 2.75) is 26.2 Å². The molecule has 0 bridgehead atoms. The number of carbonyl (C=O) groups is 3. The van der Waals surface area contributed by atoms with Crippen LogP contribution in [-0.4, -0.2) is 56.9 Å². The Morgan fingerprint density at radius 1 is 1.09 bits per heavy atom. The number of halogens is 1. The first-order valence-electron chi connectivity index (χ1n) is 10.4. The highest BCUT2D eigenvalue weighted by Gasteiger charge is 2.39. The van der Waals surface area contributed by atoms with Gasteiger partial charge < -0.3 is 29.7 Å². The molecule has 1 heterocycles. The van der Waals surface area contributed by atoms with Crippen LogP contribution in [0.25, 0.3) is 0 Å². The van der Waals surface area contributed by atoms with Gasteiger partial charge in [0.25, 0.3) is 5.09 Å². The van der Waals surface area contributed by atoms with E-state index in [1.165, 1.54) is 14.2 Å². The zero-order valence-electron chi connectivity index (χ0n) is 19.6. The molecule has 1 amide bonds.